The molecule has 5 nitrogen and oxygen atoms in total. The molecule has 1 heterocycles. The van der Waals surface area contributed by atoms with Crippen LogP contribution >= 0.6 is 0 Å². The Labute approximate surface area is 164 Å². The minimum Gasteiger partial charge on any atom is -0.484 e. The first-order chi connectivity index (χ1) is 13.4. The van der Waals surface area contributed by atoms with Gasteiger partial charge < -0.3 is 19.7 Å². The second-order valence-electron chi connectivity index (χ2n) is 6.99. The molecular formula is C20H30F3N3O2. The molecule has 1 aliphatic rings. The first-order valence-corrected chi connectivity index (χ1v) is 9.73. The highest BCUT2D eigenvalue weighted by atomic mass is 19.4. The predicted octanol–water partition coefficient (Wildman–Crippen LogP) is 3.84. The Morgan fingerprint density at radius 1 is 1.32 bits per heavy atom. The monoisotopic (exact) mass is 401 g/mol. The van der Waals surface area contributed by atoms with E-state index in [4.69, 9.17) is 9.47 Å². The third-order valence-electron chi connectivity index (χ3n) is 4.62. The van der Waals surface area contributed by atoms with E-state index in [1.54, 1.807) is 12.1 Å². The fraction of sp³-hybridized carbons (Fsp3) is 0.650. The molecular weight excluding hydrogens is 371 g/mol. The van der Waals surface area contributed by atoms with Crippen molar-refractivity contribution in [1.82, 2.24) is 10.2 Å². The zero-order valence-corrected chi connectivity index (χ0v) is 16.6. The molecule has 158 valence electrons. The lowest BCUT2D eigenvalue weighted by Crippen LogP contribution is -2.40. The number of nitrogens with one attached hydrogen (secondary N) is 1. The lowest BCUT2D eigenvalue weighted by atomic mass is 9.96. The van der Waals surface area contributed by atoms with Crippen LogP contribution in [0.3, 0.4) is 0 Å². The number of ether oxygens (including phenoxy) is 2. The summed E-state index contributed by atoms with van der Waals surface area (Å²) in [5.41, 5.74) is 0.799. The van der Waals surface area contributed by atoms with Crippen molar-refractivity contribution in [2.75, 3.05) is 40.0 Å². The maximum Gasteiger partial charge on any atom is 0.422 e. The van der Waals surface area contributed by atoms with Gasteiger partial charge in [-0.3, -0.25) is 0 Å². The van der Waals surface area contributed by atoms with Crippen LogP contribution in [0, 0.1) is 5.92 Å². The Kier molecular flexibility index (Phi) is 8.89. The van der Waals surface area contributed by atoms with Crippen LogP contribution in [0.1, 0.15) is 31.7 Å². The molecule has 0 bridgehead atoms. The molecule has 1 aromatic rings. The molecule has 0 atom stereocenters. The molecule has 0 saturated carbocycles. The van der Waals surface area contributed by atoms with Gasteiger partial charge in [0.2, 0.25) is 0 Å². The molecule has 1 aliphatic heterocycles. The minimum absolute atomic E-state index is 0.197. The zero-order valence-electron chi connectivity index (χ0n) is 16.6. The summed E-state index contributed by atoms with van der Waals surface area (Å²) in [7, 11) is 2.00. The van der Waals surface area contributed by atoms with E-state index in [9.17, 15) is 13.2 Å². The van der Waals surface area contributed by atoms with Crippen molar-refractivity contribution in [3.05, 3.63) is 29.8 Å². The third-order valence-corrected chi connectivity index (χ3v) is 4.62. The molecule has 1 N–H and O–H groups in total. The van der Waals surface area contributed by atoms with Gasteiger partial charge in [-0.05, 0) is 49.8 Å². The molecule has 28 heavy (non-hydrogen) atoms. The van der Waals surface area contributed by atoms with Crippen LogP contribution in [-0.4, -0.2) is 57.0 Å². The van der Waals surface area contributed by atoms with Crippen LogP contribution in [0.15, 0.2) is 29.3 Å². The second-order valence-corrected chi connectivity index (χ2v) is 6.99. The van der Waals surface area contributed by atoms with Gasteiger partial charge in [0.25, 0.3) is 0 Å². The highest BCUT2D eigenvalue weighted by Gasteiger charge is 2.28. The molecule has 0 radical (unpaired) electrons. The summed E-state index contributed by atoms with van der Waals surface area (Å²) in [6.07, 6.45) is -1.05. The fourth-order valence-corrected chi connectivity index (χ4v) is 3.05. The average molecular weight is 401 g/mol. The summed E-state index contributed by atoms with van der Waals surface area (Å²) in [6, 6.07) is 6.62. The molecule has 2 rings (SSSR count). The lowest BCUT2D eigenvalue weighted by Gasteiger charge is -2.26. The largest absolute Gasteiger partial charge is 0.484 e. The predicted molar refractivity (Wildman–Crippen MR) is 104 cm³/mol. The Balaban J connectivity index is 1.91. The van der Waals surface area contributed by atoms with Gasteiger partial charge in [0.15, 0.2) is 12.6 Å². The molecule has 0 spiro atoms. The van der Waals surface area contributed by atoms with Crippen LogP contribution in [0.5, 0.6) is 5.75 Å². The van der Waals surface area contributed by atoms with Crippen molar-refractivity contribution < 1.29 is 22.6 Å². The Morgan fingerprint density at radius 2 is 2.07 bits per heavy atom. The van der Waals surface area contributed by atoms with Crippen molar-refractivity contribution in [3.8, 4) is 5.75 Å². The SMILES string of the molecule is CCNC(=NCc1cccc(OCC(F)(F)F)c1)N(C)CCC1CCOCC1. The number of nitrogens with zero attached hydrogens (tertiary/aromatic N) is 2. The first kappa shape index (κ1) is 22.3. The number of aliphatic imine (C=N–C) groups is 1. The van der Waals surface area contributed by atoms with Gasteiger partial charge in [-0.15, -0.1) is 0 Å². The number of hydrogen-bond acceptors (Lipinski definition) is 3. The van der Waals surface area contributed by atoms with Crippen molar-refractivity contribution in [2.45, 2.75) is 38.9 Å². The Bertz CT molecular complexity index is 617. The van der Waals surface area contributed by atoms with E-state index in [0.717, 1.165) is 57.1 Å². The van der Waals surface area contributed by atoms with Crippen molar-refractivity contribution in [1.29, 1.82) is 0 Å². The number of hydrogen-bond donors (Lipinski definition) is 1. The molecule has 0 unspecified atom stereocenters. The third kappa shape index (κ3) is 8.37. The van der Waals surface area contributed by atoms with Crippen molar-refractivity contribution in [3.63, 3.8) is 0 Å². The summed E-state index contributed by atoms with van der Waals surface area (Å²) in [5.74, 6) is 1.67. The summed E-state index contributed by atoms with van der Waals surface area (Å²) >= 11 is 0. The van der Waals surface area contributed by atoms with E-state index in [0.29, 0.717) is 12.5 Å². The lowest BCUT2D eigenvalue weighted by molar-refractivity contribution is -0.153. The first-order valence-electron chi connectivity index (χ1n) is 9.73. The van der Waals surface area contributed by atoms with Crippen LogP contribution in [0.25, 0.3) is 0 Å². The van der Waals surface area contributed by atoms with Crippen LogP contribution in [-0.2, 0) is 11.3 Å². The van der Waals surface area contributed by atoms with E-state index < -0.39 is 12.8 Å². The number of guanidine groups is 1. The molecule has 1 aromatic carbocycles. The smallest absolute Gasteiger partial charge is 0.422 e. The molecule has 0 amide bonds. The van der Waals surface area contributed by atoms with Gasteiger partial charge in [-0.1, -0.05) is 12.1 Å². The van der Waals surface area contributed by atoms with Gasteiger partial charge >= 0.3 is 6.18 Å². The van der Waals surface area contributed by atoms with E-state index in [1.807, 2.05) is 20.0 Å². The molecule has 1 saturated heterocycles. The molecule has 1 fully saturated rings. The number of benzene rings is 1. The molecule has 0 aliphatic carbocycles. The van der Waals surface area contributed by atoms with E-state index >= 15 is 0 Å². The second kappa shape index (κ2) is 11.1. The zero-order chi connectivity index (χ0) is 20.4. The molecule has 0 aromatic heterocycles. The highest BCUT2D eigenvalue weighted by molar-refractivity contribution is 5.79. The van der Waals surface area contributed by atoms with E-state index in [1.165, 1.54) is 6.07 Å². The number of alkyl halides is 3. The van der Waals surface area contributed by atoms with E-state index in [-0.39, 0.29) is 5.75 Å². The fourth-order valence-electron chi connectivity index (χ4n) is 3.05. The Hall–Kier alpha value is -1.96. The average Bonchev–Trinajstić information content (AvgIpc) is 2.68. The maximum absolute atomic E-state index is 12.3. The van der Waals surface area contributed by atoms with Crippen molar-refractivity contribution >= 4 is 5.96 Å². The number of halogens is 3. The normalized spacial score (nSPS) is 16.1. The van der Waals surface area contributed by atoms with Crippen LogP contribution < -0.4 is 10.1 Å². The molecule has 8 heteroatoms. The quantitative estimate of drug-likeness (QED) is 0.531. The van der Waals surface area contributed by atoms with Gasteiger partial charge in [-0.25, -0.2) is 4.99 Å². The number of rotatable bonds is 8. The summed E-state index contributed by atoms with van der Waals surface area (Å²) in [6.45, 7) is 4.41. The highest BCUT2D eigenvalue weighted by Crippen LogP contribution is 2.20. The summed E-state index contributed by atoms with van der Waals surface area (Å²) in [5, 5.41) is 3.27. The van der Waals surface area contributed by atoms with Crippen LogP contribution in [0.2, 0.25) is 0 Å². The van der Waals surface area contributed by atoms with Crippen molar-refractivity contribution in [2.24, 2.45) is 10.9 Å². The Morgan fingerprint density at radius 3 is 2.75 bits per heavy atom. The standard InChI is InChI=1S/C20H30F3N3O2/c1-3-24-19(26(2)10-7-16-8-11-27-12-9-16)25-14-17-5-4-6-18(13-17)28-15-20(21,22)23/h4-6,13,16H,3,7-12,14-15H2,1-2H3,(H,24,25). The summed E-state index contributed by atoms with van der Waals surface area (Å²) in [4.78, 5) is 6.73. The minimum atomic E-state index is -4.35. The van der Waals surface area contributed by atoms with Gasteiger partial charge in [0, 0.05) is 33.4 Å². The maximum atomic E-state index is 12.3. The van der Waals surface area contributed by atoms with Gasteiger partial charge in [-0.2, -0.15) is 13.2 Å². The van der Waals surface area contributed by atoms with E-state index in [2.05, 4.69) is 15.2 Å². The van der Waals surface area contributed by atoms with Crippen LogP contribution in [0.4, 0.5) is 13.2 Å². The topological polar surface area (TPSA) is 46.1 Å². The van der Waals surface area contributed by atoms with Gasteiger partial charge in [0.1, 0.15) is 5.75 Å². The summed E-state index contributed by atoms with van der Waals surface area (Å²) < 4.78 is 47.1. The van der Waals surface area contributed by atoms with Gasteiger partial charge in [0.05, 0.1) is 6.54 Å².